The highest BCUT2D eigenvalue weighted by Gasteiger charge is 2.34. The molecule has 3 amide bonds. The number of nitrogens with zero attached hydrogens (tertiary/aromatic N) is 4. The Hall–Kier alpha value is -3.98. The summed E-state index contributed by atoms with van der Waals surface area (Å²) in [5.41, 5.74) is 2.57. The number of para-hydroxylation sites is 1. The summed E-state index contributed by atoms with van der Waals surface area (Å²) in [5, 5.41) is 12.7. The Labute approximate surface area is 210 Å². The van der Waals surface area contributed by atoms with E-state index in [1.165, 1.54) is 0 Å². The van der Waals surface area contributed by atoms with Gasteiger partial charge in [-0.2, -0.15) is 0 Å². The maximum Gasteiger partial charge on any atom is 0.321 e. The number of urea groups is 1. The van der Waals surface area contributed by atoms with Crippen LogP contribution in [0.3, 0.4) is 0 Å². The number of amides is 3. The van der Waals surface area contributed by atoms with Gasteiger partial charge in [0.05, 0.1) is 19.2 Å². The molecule has 1 aromatic carbocycles. The van der Waals surface area contributed by atoms with Crippen LogP contribution in [0.5, 0.6) is 5.88 Å². The van der Waals surface area contributed by atoms with Crippen LogP contribution in [0.4, 0.5) is 10.5 Å². The molecule has 0 saturated heterocycles. The number of carbonyl (C=O) groups is 2. The number of anilines is 1. The molecule has 0 aliphatic carbocycles. The predicted molar refractivity (Wildman–Crippen MR) is 137 cm³/mol. The van der Waals surface area contributed by atoms with Crippen LogP contribution in [0.2, 0.25) is 0 Å². The number of hydrogen-bond acceptors (Lipinski definition) is 6. The fraction of sp³-hybridized carbons (Fsp3) is 0.333. The first-order chi connectivity index (χ1) is 17.4. The highest BCUT2D eigenvalue weighted by atomic mass is 16.5. The molecule has 0 fully saturated rings. The number of pyridine rings is 2. The normalized spacial score (nSPS) is 18.3. The van der Waals surface area contributed by atoms with Gasteiger partial charge >= 0.3 is 6.03 Å². The first kappa shape index (κ1) is 25.1. The summed E-state index contributed by atoms with van der Waals surface area (Å²) in [6.45, 7) is 4.23. The number of aliphatic hydroxyl groups is 1. The van der Waals surface area contributed by atoms with Gasteiger partial charge < -0.3 is 25.0 Å². The van der Waals surface area contributed by atoms with Crippen LogP contribution >= 0.6 is 0 Å². The predicted octanol–water partition coefficient (Wildman–Crippen LogP) is 3.53. The second-order valence-electron chi connectivity index (χ2n) is 9.12. The number of likely N-dealkylation sites (N-methyl/N-ethyl adjacent to an activating group) is 1. The standard InChI is InChI=1S/C27H31N5O4/c1-18-15-32(19(2)17-33)26(34)23-12-21(20-8-7-11-28-13-20)14-29-25(23)36-24(18)16-31(3)27(35)30-22-9-5-4-6-10-22/h4-14,18-19,24,33H,15-17H2,1-3H3,(H,30,35)/t18-,19-,24-/m1/s1. The number of fused-ring (bicyclic) bond motifs is 1. The van der Waals surface area contributed by atoms with Crippen molar-refractivity contribution in [2.45, 2.75) is 26.0 Å². The molecule has 2 N–H and O–H groups in total. The molecular weight excluding hydrogens is 458 g/mol. The first-order valence-electron chi connectivity index (χ1n) is 11.9. The summed E-state index contributed by atoms with van der Waals surface area (Å²) in [6, 6.07) is 14.0. The molecule has 3 heterocycles. The van der Waals surface area contributed by atoms with E-state index in [1.54, 1.807) is 48.4 Å². The smallest absolute Gasteiger partial charge is 0.321 e. The lowest BCUT2D eigenvalue weighted by molar-refractivity contribution is 0.0356. The third kappa shape index (κ3) is 5.63. The number of nitrogens with one attached hydrogen (secondary N) is 1. The second kappa shape index (κ2) is 11.2. The van der Waals surface area contributed by atoms with Gasteiger partial charge in [-0.05, 0) is 31.2 Å². The van der Waals surface area contributed by atoms with Crippen LogP contribution < -0.4 is 10.1 Å². The van der Waals surface area contributed by atoms with Gasteiger partial charge in [-0.25, -0.2) is 9.78 Å². The Bertz CT molecular complexity index is 1190. The van der Waals surface area contributed by atoms with E-state index < -0.39 is 12.1 Å². The Morgan fingerprint density at radius 3 is 2.69 bits per heavy atom. The third-order valence-corrected chi connectivity index (χ3v) is 6.34. The van der Waals surface area contributed by atoms with Crippen molar-refractivity contribution in [3.05, 3.63) is 72.7 Å². The summed E-state index contributed by atoms with van der Waals surface area (Å²) in [7, 11) is 1.70. The fourth-order valence-corrected chi connectivity index (χ4v) is 4.10. The molecule has 4 rings (SSSR count). The van der Waals surface area contributed by atoms with Crippen LogP contribution in [0.1, 0.15) is 24.2 Å². The average Bonchev–Trinajstić information content (AvgIpc) is 2.91. The maximum absolute atomic E-state index is 13.6. The number of carbonyl (C=O) groups excluding carboxylic acids is 2. The largest absolute Gasteiger partial charge is 0.472 e. The molecule has 1 aliphatic heterocycles. The Kier molecular flexibility index (Phi) is 7.80. The summed E-state index contributed by atoms with van der Waals surface area (Å²) in [4.78, 5) is 38.2. The Morgan fingerprint density at radius 1 is 1.22 bits per heavy atom. The van der Waals surface area contributed by atoms with E-state index in [0.717, 1.165) is 11.1 Å². The minimum Gasteiger partial charge on any atom is -0.472 e. The van der Waals surface area contributed by atoms with Crippen LogP contribution in [0.15, 0.2) is 67.1 Å². The minimum atomic E-state index is -0.437. The van der Waals surface area contributed by atoms with E-state index >= 15 is 0 Å². The van der Waals surface area contributed by atoms with Crippen molar-refractivity contribution in [3.63, 3.8) is 0 Å². The summed E-state index contributed by atoms with van der Waals surface area (Å²) >= 11 is 0. The van der Waals surface area contributed by atoms with Gasteiger partial charge in [-0.3, -0.25) is 9.78 Å². The Morgan fingerprint density at radius 2 is 2.00 bits per heavy atom. The van der Waals surface area contributed by atoms with Crippen molar-refractivity contribution in [1.82, 2.24) is 19.8 Å². The quantitative estimate of drug-likeness (QED) is 0.549. The topological polar surface area (TPSA) is 108 Å². The van der Waals surface area contributed by atoms with Crippen molar-refractivity contribution in [2.24, 2.45) is 5.92 Å². The second-order valence-corrected chi connectivity index (χ2v) is 9.12. The van der Waals surface area contributed by atoms with Crippen LogP contribution in [-0.2, 0) is 0 Å². The van der Waals surface area contributed by atoms with E-state index in [1.807, 2.05) is 49.4 Å². The van der Waals surface area contributed by atoms with E-state index in [2.05, 4.69) is 15.3 Å². The molecule has 188 valence electrons. The van der Waals surface area contributed by atoms with Crippen molar-refractivity contribution < 1.29 is 19.4 Å². The van der Waals surface area contributed by atoms with Crippen LogP contribution in [-0.4, -0.2) is 75.7 Å². The van der Waals surface area contributed by atoms with Gasteiger partial charge in [0.15, 0.2) is 0 Å². The summed E-state index contributed by atoms with van der Waals surface area (Å²) in [5.74, 6) is -0.190. The van der Waals surface area contributed by atoms with Gasteiger partial charge in [-0.1, -0.05) is 31.2 Å². The fourth-order valence-electron chi connectivity index (χ4n) is 4.10. The van der Waals surface area contributed by atoms with Crippen molar-refractivity contribution >= 4 is 17.6 Å². The SMILES string of the molecule is C[C@@H]1CN([C@H](C)CO)C(=O)c2cc(-c3cccnc3)cnc2O[C@@H]1CN(C)C(=O)Nc1ccccc1. The number of aromatic nitrogens is 2. The molecule has 3 aromatic rings. The zero-order valence-electron chi connectivity index (χ0n) is 20.7. The lowest BCUT2D eigenvalue weighted by Gasteiger charge is -2.37. The monoisotopic (exact) mass is 489 g/mol. The molecule has 36 heavy (non-hydrogen) atoms. The molecular formula is C27H31N5O4. The minimum absolute atomic E-state index is 0.136. The lowest BCUT2D eigenvalue weighted by atomic mass is 9.99. The number of benzene rings is 1. The Balaban J connectivity index is 1.62. The highest BCUT2D eigenvalue weighted by molar-refractivity contribution is 5.98. The molecule has 0 spiro atoms. The van der Waals surface area contributed by atoms with E-state index in [0.29, 0.717) is 17.8 Å². The molecule has 0 radical (unpaired) electrons. The lowest BCUT2D eigenvalue weighted by Crippen LogP contribution is -2.50. The molecule has 1 aliphatic rings. The van der Waals surface area contributed by atoms with Gasteiger partial charge in [0.1, 0.15) is 11.7 Å². The van der Waals surface area contributed by atoms with Gasteiger partial charge in [0, 0.05) is 54.9 Å². The van der Waals surface area contributed by atoms with Crippen molar-refractivity contribution in [2.75, 3.05) is 32.1 Å². The molecule has 0 bridgehead atoms. The molecule has 2 aromatic heterocycles. The number of rotatable bonds is 6. The zero-order valence-corrected chi connectivity index (χ0v) is 20.7. The van der Waals surface area contributed by atoms with Crippen molar-refractivity contribution in [3.8, 4) is 17.0 Å². The zero-order chi connectivity index (χ0) is 25.7. The highest BCUT2D eigenvalue weighted by Crippen LogP contribution is 2.30. The molecule has 0 saturated carbocycles. The number of aliphatic hydroxyl groups excluding tert-OH is 1. The van der Waals surface area contributed by atoms with Gasteiger partial charge in [0.2, 0.25) is 5.88 Å². The van der Waals surface area contributed by atoms with E-state index in [-0.39, 0.29) is 36.9 Å². The number of ether oxygens (including phenoxy) is 1. The number of hydrogen-bond donors (Lipinski definition) is 2. The average molecular weight is 490 g/mol. The van der Waals surface area contributed by atoms with Crippen LogP contribution in [0.25, 0.3) is 11.1 Å². The molecule has 9 heteroatoms. The molecule has 9 nitrogen and oxygen atoms in total. The van der Waals surface area contributed by atoms with Crippen molar-refractivity contribution in [1.29, 1.82) is 0 Å². The van der Waals surface area contributed by atoms with E-state index in [9.17, 15) is 14.7 Å². The van der Waals surface area contributed by atoms with Gasteiger partial charge in [0.25, 0.3) is 5.91 Å². The van der Waals surface area contributed by atoms with E-state index in [4.69, 9.17) is 4.74 Å². The van der Waals surface area contributed by atoms with Crippen LogP contribution in [0, 0.1) is 5.92 Å². The summed E-state index contributed by atoms with van der Waals surface area (Å²) in [6.07, 6.45) is 4.60. The molecule has 0 unspecified atom stereocenters. The first-order valence-corrected chi connectivity index (χ1v) is 11.9. The summed E-state index contributed by atoms with van der Waals surface area (Å²) < 4.78 is 6.28. The molecule has 3 atom stereocenters. The maximum atomic E-state index is 13.6. The van der Waals surface area contributed by atoms with Gasteiger partial charge in [-0.15, -0.1) is 0 Å². The third-order valence-electron chi connectivity index (χ3n) is 6.34.